The average molecular weight is 275 g/mol. The molecule has 0 fully saturated rings. The second-order valence-corrected chi connectivity index (χ2v) is 4.28. The molecular formula is C12H7ClN4O2. The van der Waals surface area contributed by atoms with E-state index in [9.17, 15) is 10.1 Å². The van der Waals surface area contributed by atoms with Gasteiger partial charge in [-0.3, -0.25) is 10.1 Å². The number of nitrogens with zero attached hydrogens (tertiary/aromatic N) is 4. The number of hydrogen-bond donors (Lipinski definition) is 0. The van der Waals surface area contributed by atoms with Gasteiger partial charge in [0.05, 0.1) is 22.3 Å². The van der Waals surface area contributed by atoms with Crippen LogP contribution in [0, 0.1) is 10.1 Å². The Kier molecular flexibility index (Phi) is 2.64. The fourth-order valence-corrected chi connectivity index (χ4v) is 2.03. The van der Waals surface area contributed by atoms with Crippen molar-refractivity contribution >= 4 is 28.2 Å². The SMILES string of the molecule is O=[N+]([O-])c1ccc2c(cnn2-c2ccnc(Cl)c2)c1. The highest BCUT2D eigenvalue weighted by atomic mass is 35.5. The van der Waals surface area contributed by atoms with E-state index in [-0.39, 0.29) is 5.69 Å². The number of nitro benzene ring substituents is 1. The highest BCUT2D eigenvalue weighted by Crippen LogP contribution is 2.23. The third-order valence-corrected chi connectivity index (χ3v) is 2.92. The third-order valence-electron chi connectivity index (χ3n) is 2.72. The molecule has 0 saturated carbocycles. The van der Waals surface area contributed by atoms with Crippen molar-refractivity contribution in [3.05, 3.63) is 58.0 Å². The summed E-state index contributed by atoms with van der Waals surface area (Å²) in [6.07, 6.45) is 3.16. The highest BCUT2D eigenvalue weighted by molar-refractivity contribution is 6.29. The minimum atomic E-state index is -0.430. The Hall–Kier alpha value is -2.47. The molecule has 0 aliphatic rings. The highest BCUT2D eigenvalue weighted by Gasteiger charge is 2.10. The van der Waals surface area contributed by atoms with E-state index in [1.807, 2.05) is 0 Å². The number of non-ortho nitro benzene ring substituents is 1. The number of halogens is 1. The second kappa shape index (κ2) is 4.33. The van der Waals surface area contributed by atoms with Crippen molar-refractivity contribution in [2.45, 2.75) is 0 Å². The number of rotatable bonds is 2. The molecule has 2 aromatic heterocycles. The van der Waals surface area contributed by atoms with E-state index in [1.54, 1.807) is 35.3 Å². The number of hydrogen-bond acceptors (Lipinski definition) is 4. The van der Waals surface area contributed by atoms with Crippen LogP contribution in [0.5, 0.6) is 0 Å². The van der Waals surface area contributed by atoms with Gasteiger partial charge in [-0.1, -0.05) is 11.6 Å². The fraction of sp³-hybridized carbons (Fsp3) is 0. The Balaban J connectivity index is 2.18. The molecule has 2 heterocycles. The maximum absolute atomic E-state index is 10.7. The van der Waals surface area contributed by atoms with Crippen LogP contribution in [0.2, 0.25) is 5.15 Å². The van der Waals surface area contributed by atoms with Crippen LogP contribution in [0.25, 0.3) is 16.6 Å². The molecule has 0 N–H and O–H groups in total. The van der Waals surface area contributed by atoms with Crippen LogP contribution >= 0.6 is 11.6 Å². The average Bonchev–Trinajstić information content (AvgIpc) is 2.81. The van der Waals surface area contributed by atoms with Gasteiger partial charge >= 0.3 is 0 Å². The number of benzene rings is 1. The standard InChI is InChI=1S/C12H7ClN4O2/c13-12-6-9(3-4-14-12)16-11-2-1-10(17(18)19)5-8(11)7-15-16/h1-7H. The minimum Gasteiger partial charge on any atom is -0.258 e. The zero-order chi connectivity index (χ0) is 13.4. The summed E-state index contributed by atoms with van der Waals surface area (Å²) in [7, 11) is 0. The molecule has 19 heavy (non-hydrogen) atoms. The predicted molar refractivity (Wildman–Crippen MR) is 70.5 cm³/mol. The Morgan fingerprint density at radius 2 is 2.11 bits per heavy atom. The first-order valence-electron chi connectivity index (χ1n) is 5.39. The molecule has 0 atom stereocenters. The van der Waals surface area contributed by atoms with Gasteiger partial charge < -0.3 is 0 Å². The summed E-state index contributed by atoms with van der Waals surface area (Å²) in [5, 5.41) is 16.0. The molecule has 3 aromatic rings. The molecule has 0 aliphatic carbocycles. The molecule has 1 aromatic carbocycles. The second-order valence-electron chi connectivity index (χ2n) is 3.89. The lowest BCUT2D eigenvalue weighted by Gasteiger charge is -2.03. The van der Waals surface area contributed by atoms with E-state index < -0.39 is 4.92 Å². The summed E-state index contributed by atoms with van der Waals surface area (Å²) in [5.41, 5.74) is 1.57. The summed E-state index contributed by atoms with van der Waals surface area (Å²) < 4.78 is 1.66. The number of pyridine rings is 1. The molecule has 0 saturated heterocycles. The van der Waals surface area contributed by atoms with E-state index in [0.29, 0.717) is 10.5 Å². The van der Waals surface area contributed by atoms with Gasteiger partial charge in [-0.2, -0.15) is 5.10 Å². The molecule has 0 unspecified atom stereocenters. The summed E-state index contributed by atoms with van der Waals surface area (Å²) >= 11 is 5.84. The van der Waals surface area contributed by atoms with Gasteiger partial charge in [-0.25, -0.2) is 9.67 Å². The first-order valence-corrected chi connectivity index (χ1v) is 5.77. The fourth-order valence-electron chi connectivity index (χ4n) is 1.86. The van der Waals surface area contributed by atoms with Crippen molar-refractivity contribution in [3.8, 4) is 5.69 Å². The molecule has 3 rings (SSSR count). The van der Waals surface area contributed by atoms with Crippen molar-refractivity contribution in [2.75, 3.05) is 0 Å². The first kappa shape index (κ1) is 11.6. The van der Waals surface area contributed by atoms with Crippen LogP contribution in [0.15, 0.2) is 42.7 Å². The Labute approximate surface area is 112 Å². The molecule has 6 nitrogen and oxygen atoms in total. The van der Waals surface area contributed by atoms with Gasteiger partial charge in [0.2, 0.25) is 0 Å². The van der Waals surface area contributed by atoms with Gasteiger partial charge in [-0.15, -0.1) is 0 Å². The topological polar surface area (TPSA) is 73.8 Å². The van der Waals surface area contributed by atoms with Gasteiger partial charge in [0.1, 0.15) is 5.15 Å². The van der Waals surface area contributed by atoms with Crippen LogP contribution in [0.3, 0.4) is 0 Å². The van der Waals surface area contributed by atoms with Gasteiger partial charge in [0.25, 0.3) is 5.69 Å². The van der Waals surface area contributed by atoms with Crippen molar-refractivity contribution in [3.63, 3.8) is 0 Å². The Morgan fingerprint density at radius 1 is 1.26 bits per heavy atom. The molecule has 0 spiro atoms. The van der Waals surface area contributed by atoms with Crippen LogP contribution < -0.4 is 0 Å². The lowest BCUT2D eigenvalue weighted by atomic mass is 10.2. The smallest absolute Gasteiger partial charge is 0.258 e. The van der Waals surface area contributed by atoms with Gasteiger partial charge in [-0.05, 0) is 12.1 Å². The summed E-state index contributed by atoms with van der Waals surface area (Å²) in [4.78, 5) is 14.2. The quantitative estimate of drug-likeness (QED) is 0.409. The van der Waals surface area contributed by atoms with Crippen molar-refractivity contribution < 1.29 is 4.92 Å². The number of aromatic nitrogens is 3. The number of fused-ring (bicyclic) bond motifs is 1. The lowest BCUT2D eigenvalue weighted by Crippen LogP contribution is -1.96. The van der Waals surface area contributed by atoms with Crippen LogP contribution in [-0.2, 0) is 0 Å². The molecule has 0 amide bonds. The van der Waals surface area contributed by atoms with Crippen molar-refractivity contribution in [1.29, 1.82) is 0 Å². The lowest BCUT2D eigenvalue weighted by molar-refractivity contribution is -0.384. The summed E-state index contributed by atoms with van der Waals surface area (Å²) in [6, 6.07) is 8.04. The van der Waals surface area contributed by atoms with Crippen molar-refractivity contribution in [1.82, 2.24) is 14.8 Å². The third kappa shape index (κ3) is 2.02. The first-order chi connectivity index (χ1) is 9.15. The molecule has 0 aliphatic heterocycles. The number of nitro groups is 1. The Morgan fingerprint density at radius 3 is 2.84 bits per heavy atom. The molecule has 0 radical (unpaired) electrons. The van der Waals surface area contributed by atoms with E-state index in [1.165, 1.54) is 12.1 Å². The monoisotopic (exact) mass is 274 g/mol. The predicted octanol–water partition coefficient (Wildman–Crippen LogP) is 2.98. The van der Waals surface area contributed by atoms with Crippen LogP contribution in [-0.4, -0.2) is 19.7 Å². The molecule has 94 valence electrons. The normalized spacial score (nSPS) is 10.8. The van der Waals surface area contributed by atoms with Crippen LogP contribution in [0.1, 0.15) is 0 Å². The molecular weight excluding hydrogens is 268 g/mol. The maximum atomic E-state index is 10.7. The van der Waals surface area contributed by atoms with E-state index in [2.05, 4.69) is 10.1 Å². The van der Waals surface area contributed by atoms with Gasteiger partial charge in [0, 0.05) is 29.8 Å². The van der Waals surface area contributed by atoms with E-state index >= 15 is 0 Å². The summed E-state index contributed by atoms with van der Waals surface area (Å²) in [5.74, 6) is 0. The molecule has 7 heteroatoms. The largest absolute Gasteiger partial charge is 0.270 e. The van der Waals surface area contributed by atoms with E-state index in [4.69, 9.17) is 11.6 Å². The van der Waals surface area contributed by atoms with Crippen LogP contribution in [0.4, 0.5) is 5.69 Å². The molecule has 0 bridgehead atoms. The maximum Gasteiger partial charge on any atom is 0.270 e. The Bertz CT molecular complexity index is 784. The zero-order valence-electron chi connectivity index (χ0n) is 9.52. The zero-order valence-corrected chi connectivity index (χ0v) is 10.3. The van der Waals surface area contributed by atoms with Gasteiger partial charge in [0.15, 0.2) is 0 Å². The summed E-state index contributed by atoms with van der Waals surface area (Å²) in [6.45, 7) is 0. The minimum absolute atomic E-state index is 0.0415. The van der Waals surface area contributed by atoms with Crippen molar-refractivity contribution in [2.24, 2.45) is 0 Å². The van der Waals surface area contributed by atoms with E-state index in [0.717, 1.165) is 11.2 Å².